The van der Waals surface area contributed by atoms with Gasteiger partial charge in [0.25, 0.3) is 0 Å². The zero-order valence-electron chi connectivity index (χ0n) is 17.7. The average molecular weight is 411 g/mol. The fourth-order valence-electron chi connectivity index (χ4n) is 8.20. The monoisotopic (exact) mass is 410 g/mol. The van der Waals surface area contributed by atoms with Crippen molar-refractivity contribution in [1.82, 2.24) is 0 Å². The topological polar surface area (TPSA) is 63.6 Å². The maximum Gasteiger partial charge on any atom is 0.302 e. The summed E-state index contributed by atoms with van der Waals surface area (Å²) in [6.07, 6.45) is 6.87. The minimum absolute atomic E-state index is 0.0877. The summed E-state index contributed by atoms with van der Waals surface area (Å²) in [4.78, 5) is 23.7. The van der Waals surface area contributed by atoms with Crippen LogP contribution in [0.5, 0.6) is 0 Å². The standard InChI is InChI=1S/C23H35ClO4/c1-13(25)17-5-6-18-16-11-20(24)23(27)12-15(28-14(2)26)7-10-22(23,4)19(16)8-9-21(17,18)3/h15-20,27H,5-12H2,1-4H3/t15-,16-,17+,18-,19-,20+,21+,22+,23-/m0/s1. The lowest BCUT2D eigenvalue weighted by Crippen LogP contribution is -2.67. The summed E-state index contributed by atoms with van der Waals surface area (Å²) in [6.45, 7) is 7.74. The molecule has 28 heavy (non-hydrogen) atoms. The largest absolute Gasteiger partial charge is 0.462 e. The quantitative estimate of drug-likeness (QED) is 0.537. The maximum absolute atomic E-state index is 12.3. The van der Waals surface area contributed by atoms with E-state index in [0.717, 1.165) is 44.9 Å². The second kappa shape index (κ2) is 6.70. The fourth-order valence-corrected chi connectivity index (χ4v) is 8.74. The highest BCUT2D eigenvalue weighted by atomic mass is 35.5. The predicted molar refractivity (Wildman–Crippen MR) is 108 cm³/mol. The summed E-state index contributed by atoms with van der Waals surface area (Å²) in [5, 5.41) is 11.5. The maximum atomic E-state index is 12.3. The Kier molecular flexibility index (Phi) is 4.94. The molecule has 4 nitrogen and oxygen atoms in total. The number of Topliss-reactive ketones (excluding diaryl/α,β-unsaturated/α-hetero) is 1. The number of rotatable bonds is 2. The number of alkyl halides is 1. The zero-order valence-corrected chi connectivity index (χ0v) is 18.4. The molecule has 1 N–H and O–H groups in total. The molecule has 5 heteroatoms. The Bertz CT molecular complexity index is 680. The first-order chi connectivity index (χ1) is 13.0. The first kappa shape index (κ1) is 20.7. The van der Waals surface area contributed by atoms with Gasteiger partial charge >= 0.3 is 5.97 Å². The van der Waals surface area contributed by atoms with Crippen molar-refractivity contribution in [2.24, 2.45) is 34.5 Å². The minimum atomic E-state index is -1.000. The summed E-state index contributed by atoms with van der Waals surface area (Å²) in [5.41, 5.74) is -1.17. The molecule has 9 atom stereocenters. The van der Waals surface area contributed by atoms with Crippen LogP contribution in [0.3, 0.4) is 0 Å². The van der Waals surface area contributed by atoms with E-state index in [1.807, 2.05) is 0 Å². The predicted octanol–water partition coefficient (Wildman–Crippen LogP) is 4.50. The molecule has 0 spiro atoms. The van der Waals surface area contributed by atoms with Gasteiger partial charge in [-0.3, -0.25) is 9.59 Å². The van der Waals surface area contributed by atoms with Gasteiger partial charge in [-0.15, -0.1) is 11.6 Å². The van der Waals surface area contributed by atoms with Crippen LogP contribution in [-0.2, 0) is 14.3 Å². The summed E-state index contributed by atoms with van der Waals surface area (Å²) < 4.78 is 5.47. The zero-order chi connectivity index (χ0) is 20.5. The van der Waals surface area contributed by atoms with Crippen LogP contribution in [0.25, 0.3) is 0 Å². The van der Waals surface area contributed by atoms with Gasteiger partial charge in [0.15, 0.2) is 0 Å². The summed E-state index contributed by atoms with van der Waals surface area (Å²) in [5.74, 6) is 1.66. The van der Waals surface area contributed by atoms with E-state index in [0.29, 0.717) is 30.0 Å². The van der Waals surface area contributed by atoms with Gasteiger partial charge in [0.1, 0.15) is 11.9 Å². The van der Waals surface area contributed by atoms with E-state index in [9.17, 15) is 14.7 Å². The van der Waals surface area contributed by atoms with Gasteiger partial charge < -0.3 is 9.84 Å². The van der Waals surface area contributed by atoms with E-state index < -0.39 is 5.60 Å². The molecule has 0 unspecified atom stereocenters. The molecule has 4 rings (SSSR count). The number of halogens is 1. The smallest absolute Gasteiger partial charge is 0.302 e. The van der Waals surface area contributed by atoms with Gasteiger partial charge in [-0.25, -0.2) is 0 Å². The summed E-state index contributed by atoms with van der Waals surface area (Å²) in [7, 11) is 0. The lowest BCUT2D eigenvalue weighted by Gasteiger charge is -2.65. The Morgan fingerprint density at radius 1 is 1.04 bits per heavy atom. The molecule has 0 aliphatic heterocycles. The molecule has 0 heterocycles. The number of esters is 1. The van der Waals surface area contributed by atoms with Gasteiger partial charge in [0.2, 0.25) is 0 Å². The second-order valence-corrected chi connectivity index (χ2v) is 11.2. The van der Waals surface area contributed by atoms with Gasteiger partial charge in [0.05, 0.1) is 11.0 Å². The number of carbonyl (C=O) groups is 2. The normalized spacial score (nSPS) is 52.9. The molecular weight excluding hydrogens is 376 g/mol. The van der Waals surface area contributed by atoms with Crippen molar-refractivity contribution >= 4 is 23.4 Å². The van der Waals surface area contributed by atoms with Crippen LogP contribution in [0.15, 0.2) is 0 Å². The van der Waals surface area contributed by atoms with Crippen molar-refractivity contribution in [3.63, 3.8) is 0 Å². The summed E-state index contributed by atoms with van der Waals surface area (Å²) in [6, 6.07) is 0. The molecule has 0 amide bonds. The fraction of sp³-hybridized carbons (Fsp3) is 0.913. The number of hydrogen-bond donors (Lipinski definition) is 1. The number of aliphatic hydroxyl groups is 1. The Morgan fingerprint density at radius 3 is 2.39 bits per heavy atom. The van der Waals surface area contributed by atoms with E-state index in [1.165, 1.54) is 6.92 Å². The van der Waals surface area contributed by atoms with Crippen molar-refractivity contribution in [3.05, 3.63) is 0 Å². The van der Waals surface area contributed by atoms with E-state index in [-0.39, 0.29) is 34.2 Å². The van der Waals surface area contributed by atoms with Crippen molar-refractivity contribution in [3.8, 4) is 0 Å². The number of ether oxygens (including phenoxy) is 1. The Hall–Kier alpha value is -0.610. The van der Waals surface area contributed by atoms with Crippen LogP contribution in [0.2, 0.25) is 0 Å². The minimum Gasteiger partial charge on any atom is -0.462 e. The van der Waals surface area contributed by atoms with Gasteiger partial charge in [-0.1, -0.05) is 13.8 Å². The highest BCUT2D eigenvalue weighted by Gasteiger charge is 2.67. The van der Waals surface area contributed by atoms with Crippen LogP contribution in [0, 0.1) is 34.5 Å². The van der Waals surface area contributed by atoms with Crippen molar-refractivity contribution in [2.75, 3.05) is 0 Å². The lowest BCUT2D eigenvalue weighted by atomic mass is 9.43. The first-order valence-corrected chi connectivity index (χ1v) is 11.5. The Labute approximate surface area is 173 Å². The summed E-state index contributed by atoms with van der Waals surface area (Å²) >= 11 is 6.92. The number of ketones is 1. The third kappa shape index (κ3) is 2.73. The molecule has 0 radical (unpaired) electrons. The molecule has 0 bridgehead atoms. The Morgan fingerprint density at radius 2 is 1.75 bits per heavy atom. The third-order valence-corrected chi connectivity index (χ3v) is 10.1. The molecule has 4 saturated carbocycles. The number of hydrogen-bond acceptors (Lipinski definition) is 4. The van der Waals surface area contributed by atoms with Crippen LogP contribution in [0.1, 0.15) is 79.1 Å². The van der Waals surface area contributed by atoms with Crippen molar-refractivity contribution in [1.29, 1.82) is 0 Å². The first-order valence-electron chi connectivity index (χ1n) is 11.1. The molecule has 158 valence electrons. The highest BCUT2D eigenvalue weighted by molar-refractivity contribution is 6.21. The molecule has 4 aliphatic rings. The number of carbonyl (C=O) groups excluding carboxylic acids is 2. The molecule has 0 aromatic heterocycles. The molecule has 0 aromatic carbocycles. The number of fused-ring (bicyclic) bond motifs is 5. The molecule has 4 aliphatic carbocycles. The molecule has 0 aromatic rings. The highest BCUT2D eigenvalue weighted by Crippen LogP contribution is 2.69. The van der Waals surface area contributed by atoms with Crippen molar-refractivity contribution < 1.29 is 19.4 Å². The van der Waals surface area contributed by atoms with Crippen LogP contribution >= 0.6 is 11.6 Å². The van der Waals surface area contributed by atoms with E-state index >= 15 is 0 Å². The van der Waals surface area contributed by atoms with E-state index in [1.54, 1.807) is 6.92 Å². The van der Waals surface area contributed by atoms with E-state index in [2.05, 4.69) is 13.8 Å². The van der Waals surface area contributed by atoms with Crippen molar-refractivity contribution in [2.45, 2.75) is 96.1 Å². The van der Waals surface area contributed by atoms with Gasteiger partial charge in [0, 0.05) is 24.7 Å². The molecule has 4 fully saturated rings. The third-order valence-electron chi connectivity index (χ3n) is 9.59. The SMILES string of the molecule is CC(=O)O[C@H]1CC[C@]2(C)[C@H]3CC[C@]4(C)[C@@H](C(C)=O)CC[C@H]4[C@@H]3C[C@@H](Cl)[C@@]2(O)C1. The Balaban J connectivity index is 1.63. The average Bonchev–Trinajstić information content (AvgIpc) is 2.95. The molecular formula is C23H35ClO4. The molecule has 0 saturated heterocycles. The van der Waals surface area contributed by atoms with Crippen LogP contribution < -0.4 is 0 Å². The van der Waals surface area contributed by atoms with Gasteiger partial charge in [-0.2, -0.15) is 0 Å². The second-order valence-electron chi connectivity index (χ2n) is 10.7. The van der Waals surface area contributed by atoms with Crippen LogP contribution in [-0.4, -0.2) is 33.9 Å². The van der Waals surface area contributed by atoms with Crippen LogP contribution in [0.4, 0.5) is 0 Å². The van der Waals surface area contributed by atoms with E-state index in [4.69, 9.17) is 16.3 Å². The lowest BCUT2D eigenvalue weighted by molar-refractivity contribution is -0.221. The van der Waals surface area contributed by atoms with Gasteiger partial charge in [-0.05, 0) is 75.0 Å².